The van der Waals surface area contributed by atoms with E-state index in [9.17, 15) is 4.39 Å². The van der Waals surface area contributed by atoms with Crippen LogP contribution in [0.15, 0.2) is 24.5 Å². The van der Waals surface area contributed by atoms with Crippen molar-refractivity contribution in [3.63, 3.8) is 0 Å². The number of halogens is 1. The summed E-state index contributed by atoms with van der Waals surface area (Å²) in [5.74, 6) is -0.286. The number of hydrogen-bond acceptors (Lipinski definition) is 2. The zero-order valence-electron chi connectivity index (χ0n) is 7.78. The second kappa shape index (κ2) is 3.75. The molecule has 0 fully saturated rings. The Kier molecular flexibility index (Phi) is 2.45. The Morgan fingerprint density at radius 2 is 2.36 bits per heavy atom. The molecule has 0 unspecified atom stereocenters. The van der Waals surface area contributed by atoms with Crippen LogP contribution in [0.4, 0.5) is 4.39 Å². The molecule has 2 aromatic rings. The van der Waals surface area contributed by atoms with E-state index >= 15 is 0 Å². The van der Waals surface area contributed by atoms with Crippen molar-refractivity contribution < 1.29 is 4.39 Å². The molecule has 0 aliphatic heterocycles. The molecule has 0 radical (unpaired) electrons. The predicted molar refractivity (Wildman–Crippen MR) is 52.5 cm³/mol. The third-order valence-electron chi connectivity index (χ3n) is 2.12. The van der Waals surface area contributed by atoms with Crippen molar-refractivity contribution in [1.29, 1.82) is 0 Å². The van der Waals surface area contributed by atoms with Gasteiger partial charge < -0.3 is 10.1 Å². The molecule has 0 aliphatic rings. The Morgan fingerprint density at radius 3 is 3.07 bits per heavy atom. The van der Waals surface area contributed by atoms with E-state index in [1.54, 1.807) is 16.7 Å². The van der Waals surface area contributed by atoms with Gasteiger partial charge in [0.05, 0.1) is 5.69 Å². The van der Waals surface area contributed by atoms with Crippen molar-refractivity contribution in [1.82, 2.24) is 9.38 Å². The number of aromatic nitrogens is 2. The number of hydrogen-bond donors (Lipinski definition) is 1. The highest BCUT2D eigenvalue weighted by molar-refractivity contribution is 5.41. The molecule has 2 aromatic heterocycles. The first-order valence-electron chi connectivity index (χ1n) is 4.63. The Hall–Kier alpha value is -1.42. The minimum absolute atomic E-state index is 0.286. The largest absolute Gasteiger partial charge is 0.330 e. The number of fused-ring (bicyclic) bond motifs is 1. The van der Waals surface area contributed by atoms with E-state index in [-0.39, 0.29) is 5.82 Å². The SMILES string of the molecule is NCCCc1cn2cccc(F)c2n1. The maximum absolute atomic E-state index is 13.2. The molecule has 2 N–H and O–H groups in total. The molecule has 0 saturated carbocycles. The van der Waals surface area contributed by atoms with Gasteiger partial charge in [-0.15, -0.1) is 0 Å². The summed E-state index contributed by atoms with van der Waals surface area (Å²) in [5, 5.41) is 0. The lowest BCUT2D eigenvalue weighted by Gasteiger charge is -1.90. The molecule has 0 amide bonds. The van der Waals surface area contributed by atoms with Gasteiger partial charge in [0.1, 0.15) is 0 Å². The van der Waals surface area contributed by atoms with Gasteiger partial charge in [-0.3, -0.25) is 0 Å². The first kappa shape index (κ1) is 9.15. The summed E-state index contributed by atoms with van der Waals surface area (Å²) in [6, 6.07) is 3.08. The van der Waals surface area contributed by atoms with Crippen molar-refractivity contribution in [3.05, 3.63) is 36.0 Å². The Morgan fingerprint density at radius 1 is 1.50 bits per heavy atom. The summed E-state index contributed by atoms with van der Waals surface area (Å²) in [6.45, 7) is 0.635. The summed E-state index contributed by atoms with van der Waals surface area (Å²) in [7, 11) is 0. The molecule has 14 heavy (non-hydrogen) atoms. The molecule has 2 rings (SSSR count). The van der Waals surface area contributed by atoms with Gasteiger partial charge in [-0.2, -0.15) is 0 Å². The van der Waals surface area contributed by atoms with Gasteiger partial charge in [-0.25, -0.2) is 9.37 Å². The molecule has 0 aliphatic carbocycles. The third kappa shape index (κ3) is 1.61. The molecule has 0 spiro atoms. The van der Waals surface area contributed by atoms with Crippen LogP contribution in [0.25, 0.3) is 5.65 Å². The van der Waals surface area contributed by atoms with Gasteiger partial charge in [-0.05, 0) is 31.5 Å². The summed E-state index contributed by atoms with van der Waals surface area (Å²) in [6.07, 6.45) is 5.31. The average molecular weight is 193 g/mol. The minimum atomic E-state index is -0.286. The number of nitrogens with two attached hydrogens (primary N) is 1. The van der Waals surface area contributed by atoms with E-state index in [2.05, 4.69) is 4.98 Å². The molecule has 3 nitrogen and oxygen atoms in total. The number of aryl methyl sites for hydroxylation is 1. The number of rotatable bonds is 3. The van der Waals surface area contributed by atoms with Crippen molar-refractivity contribution in [2.24, 2.45) is 5.73 Å². The highest BCUT2D eigenvalue weighted by Gasteiger charge is 2.04. The van der Waals surface area contributed by atoms with Crippen LogP contribution in [0.3, 0.4) is 0 Å². The van der Waals surface area contributed by atoms with E-state index in [0.29, 0.717) is 12.2 Å². The maximum Gasteiger partial charge on any atom is 0.173 e. The normalized spacial score (nSPS) is 11.0. The van der Waals surface area contributed by atoms with Crippen LogP contribution in [0, 0.1) is 5.82 Å². The zero-order valence-corrected chi connectivity index (χ0v) is 7.78. The van der Waals surface area contributed by atoms with Crippen LogP contribution in [0.1, 0.15) is 12.1 Å². The van der Waals surface area contributed by atoms with Gasteiger partial charge in [-0.1, -0.05) is 0 Å². The Bertz CT molecular complexity index is 436. The highest BCUT2D eigenvalue weighted by atomic mass is 19.1. The first-order valence-corrected chi connectivity index (χ1v) is 4.63. The monoisotopic (exact) mass is 193 g/mol. The van der Waals surface area contributed by atoms with Gasteiger partial charge in [0, 0.05) is 12.4 Å². The molecule has 0 bridgehead atoms. The highest BCUT2D eigenvalue weighted by Crippen LogP contribution is 2.10. The summed E-state index contributed by atoms with van der Waals surface area (Å²) in [4.78, 5) is 4.18. The van der Waals surface area contributed by atoms with Crippen LogP contribution in [-0.2, 0) is 6.42 Å². The summed E-state index contributed by atoms with van der Waals surface area (Å²) >= 11 is 0. The van der Waals surface area contributed by atoms with E-state index < -0.39 is 0 Å². The molecular formula is C10H12FN3. The second-order valence-corrected chi connectivity index (χ2v) is 3.21. The quantitative estimate of drug-likeness (QED) is 0.799. The summed E-state index contributed by atoms with van der Waals surface area (Å²) in [5.41, 5.74) is 6.67. The molecule has 74 valence electrons. The maximum atomic E-state index is 13.2. The fraction of sp³-hybridized carbons (Fsp3) is 0.300. The minimum Gasteiger partial charge on any atom is -0.330 e. The Balaban J connectivity index is 2.36. The lowest BCUT2D eigenvalue weighted by atomic mass is 10.2. The van der Waals surface area contributed by atoms with Gasteiger partial charge in [0.15, 0.2) is 11.5 Å². The first-order chi connectivity index (χ1) is 6.81. The van der Waals surface area contributed by atoms with E-state index in [0.717, 1.165) is 18.5 Å². The number of imidazole rings is 1. The molecular weight excluding hydrogens is 181 g/mol. The number of nitrogens with zero attached hydrogens (tertiary/aromatic N) is 2. The van der Waals surface area contributed by atoms with Crippen LogP contribution in [-0.4, -0.2) is 15.9 Å². The fourth-order valence-electron chi connectivity index (χ4n) is 1.43. The molecule has 2 heterocycles. The van der Waals surface area contributed by atoms with Crippen LogP contribution < -0.4 is 5.73 Å². The lowest BCUT2D eigenvalue weighted by Crippen LogP contribution is -2.00. The number of pyridine rings is 1. The summed E-state index contributed by atoms with van der Waals surface area (Å²) < 4.78 is 14.9. The van der Waals surface area contributed by atoms with E-state index in [1.807, 2.05) is 6.20 Å². The smallest absolute Gasteiger partial charge is 0.173 e. The van der Waals surface area contributed by atoms with Crippen molar-refractivity contribution >= 4 is 5.65 Å². The van der Waals surface area contributed by atoms with Crippen LogP contribution >= 0.6 is 0 Å². The average Bonchev–Trinajstić information content (AvgIpc) is 2.59. The van der Waals surface area contributed by atoms with Crippen molar-refractivity contribution in [2.75, 3.05) is 6.54 Å². The zero-order chi connectivity index (χ0) is 9.97. The van der Waals surface area contributed by atoms with Gasteiger partial charge >= 0.3 is 0 Å². The fourth-order valence-corrected chi connectivity index (χ4v) is 1.43. The van der Waals surface area contributed by atoms with E-state index in [1.165, 1.54) is 6.07 Å². The van der Waals surface area contributed by atoms with Gasteiger partial charge in [0.25, 0.3) is 0 Å². The molecule has 4 heteroatoms. The lowest BCUT2D eigenvalue weighted by molar-refractivity contribution is 0.629. The molecule has 0 saturated heterocycles. The van der Waals surface area contributed by atoms with Gasteiger partial charge in [0.2, 0.25) is 0 Å². The van der Waals surface area contributed by atoms with Crippen molar-refractivity contribution in [2.45, 2.75) is 12.8 Å². The standard InChI is InChI=1S/C10H12FN3/c11-9-4-2-6-14-7-8(3-1-5-12)13-10(9)14/h2,4,6-7H,1,3,5,12H2. The molecule has 0 atom stereocenters. The second-order valence-electron chi connectivity index (χ2n) is 3.21. The molecule has 0 aromatic carbocycles. The topological polar surface area (TPSA) is 43.3 Å². The predicted octanol–water partition coefficient (Wildman–Crippen LogP) is 1.36. The van der Waals surface area contributed by atoms with Crippen LogP contribution in [0.5, 0.6) is 0 Å². The Labute approximate surface area is 81.4 Å². The third-order valence-corrected chi connectivity index (χ3v) is 2.12. The van der Waals surface area contributed by atoms with Crippen molar-refractivity contribution in [3.8, 4) is 0 Å². The van der Waals surface area contributed by atoms with Crippen LogP contribution in [0.2, 0.25) is 0 Å². The van der Waals surface area contributed by atoms with E-state index in [4.69, 9.17) is 5.73 Å².